The van der Waals surface area contributed by atoms with E-state index in [1.165, 1.54) is 0 Å². The van der Waals surface area contributed by atoms with Gasteiger partial charge in [-0.05, 0) is 65.7 Å². The van der Waals surface area contributed by atoms with Gasteiger partial charge in [0.05, 0.1) is 18.6 Å². The lowest BCUT2D eigenvalue weighted by atomic mass is 9.79. The maximum Gasteiger partial charge on any atom is 0.407 e. The first-order valence-corrected chi connectivity index (χ1v) is 13.4. The summed E-state index contributed by atoms with van der Waals surface area (Å²) in [5.74, 6) is 1.38. The summed E-state index contributed by atoms with van der Waals surface area (Å²) in [6.07, 6.45) is 2.35. The predicted octanol–water partition coefficient (Wildman–Crippen LogP) is 4.18. The third-order valence-corrected chi connectivity index (χ3v) is 7.15. The van der Waals surface area contributed by atoms with Crippen molar-refractivity contribution in [2.24, 2.45) is 5.41 Å². The number of nitrogens with one attached hydrogen (secondary N) is 3. The minimum absolute atomic E-state index is 0.0564. The van der Waals surface area contributed by atoms with E-state index < -0.39 is 22.7 Å². The summed E-state index contributed by atoms with van der Waals surface area (Å²) in [6.45, 7) is 10.3. The van der Waals surface area contributed by atoms with Crippen molar-refractivity contribution in [3.05, 3.63) is 30.5 Å². The minimum Gasteiger partial charge on any atom is -0.476 e. The zero-order chi connectivity index (χ0) is 28.7. The van der Waals surface area contributed by atoms with Crippen LogP contribution >= 0.6 is 0 Å². The molecular formula is C28H36N6O6. The average molecular weight is 553 g/mol. The third kappa shape index (κ3) is 5.76. The molecule has 1 saturated heterocycles. The number of anilines is 4. The number of carbonyl (C=O) groups excluding carboxylic acids is 2. The van der Waals surface area contributed by atoms with E-state index in [9.17, 15) is 14.7 Å². The highest BCUT2D eigenvalue weighted by Crippen LogP contribution is 2.38. The van der Waals surface area contributed by atoms with E-state index in [0.29, 0.717) is 72.5 Å². The molecule has 2 aromatic heterocycles. The fraction of sp³-hybridized carbons (Fsp3) is 0.500. The SMILES string of the molecule is CC(C)(C)OC(=O)NCC1(CO)CCN(c2nc(Nc3ccc4c(c3)NC(=O)C(C)(C)O4)nc3ccoc23)CC1. The van der Waals surface area contributed by atoms with Crippen molar-refractivity contribution in [1.82, 2.24) is 15.3 Å². The van der Waals surface area contributed by atoms with Crippen molar-refractivity contribution in [3.8, 4) is 5.75 Å². The van der Waals surface area contributed by atoms with Crippen LogP contribution in [-0.2, 0) is 9.53 Å². The highest BCUT2D eigenvalue weighted by atomic mass is 16.6. The minimum atomic E-state index is -0.944. The Balaban J connectivity index is 1.31. The molecule has 0 unspecified atom stereocenters. The van der Waals surface area contributed by atoms with Crippen LogP contribution in [0.15, 0.2) is 34.9 Å². The van der Waals surface area contributed by atoms with E-state index in [0.717, 1.165) is 0 Å². The maximum atomic E-state index is 12.3. The molecule has 0 radical (unpaired) electrons. The van der Waals surface area contributed by atoms with Crippen molar-refractivity contribution in [1.29, 1.82) is 0 Å². The monoisotopic (exact) mass is 552 g/mol. The Labute approximate surface area is 232 Å². The number of alkyl carbamates (subject to hydrolysis) is 1. The van der Waals surface area contributed by atoms with Crippen LogP contribution in [0.25, 0.3) is 11.1 Å². The topological polar surface area (TPSA) is 151 Å². The highest BCUT2D eigenvalue weighted by Gasteiger charge is 2.37. The summed E-state index contributed by atoms with van der Waals surface area (Å²) in [5.41, 5.74) is 0.466. The van der Waals surface area contributed by atoms with Crippen LogP contribution in [-0.4, -0.2) is 64.5 Å². The molecule has 0 spiro atoms. The summed E-state index contributed by atoms with van der Waals surface area (Å²) < 4.78 is 16.9. The number of amides is 2. The summed E-state index contributed by atoms with van der Waals surface area (Å²) in [7, 11) is 0. The number of aliphatic hydroxyl groups is 1. The molecule has 2 aliphatic rings. The van der Waals surface area contributed by atoms with Crippen molar-refractivity contribution in [2.45, 2.75) is 58.7 Å². The molecule has 40 heavy (non-hydrogen) atoms. The second kappa shape index (κ2) is 10.2. The molecule has 0 bridgehead atoms. The second-order valence-corrected chi connectivity index (χ2v) is 11.9. The lowest BCUT2D eigenvalue weighted by Crippen LogP contribution is -2.49. The van der Waals surface area contributed by atoms with E-state index in [1.807, 2.05) is 26.8 Å². The molecule has 0 atom stereocenters. The lowest BCUT2D eigenvalue weighted by molar-refractivity contribution is -0.129. The molecule has 0 saturated carbocycles. The largest absolute Gasteiger partial charge is 0.476 e. The van der Waals surface area contributed by atoms with E-state index in [2.05, 4.69) is 25.8 Å². The predicted molar refractivity (Wildman–Crippen MR) is 150 cm³/mol. The van der Waals surface area contributed by atoms with E-state index in [-0.39, 0.29) is 12.5 Å². The van der Waals surface area contributed by atoms with Gasteiger partial charge in [-0.3, -0.25) is 4.79 Å². The summed E-state index contributed by atoms with van der Waals surface area (Å²) in [5, 5.41) is 19.2. The molecule has 12 nitrogen and oxygen atoms in total. The number of hydrogen-bond donors (Lipinski definition) is 4. The molecule has 1 aromatic carbocycles. The molecule has 4 N–H and O–H groups in total. The number of aliphatic hydroxyl groups excluding tert-OH is 1. The van der Waals surface area contributed by atoms with Gasteiger partial charge in [-0.25, -0.2) is 9.78 Å². The second-order valence-electron chi connectivity index (χ2n) is 11.9. The number of hydrogen-bond acceptors (Lipinski definition) is 10. The smallest absolute Gasteiger partial charge is 0.407 e. The number of nitrogens with zero attached hydrogens (tertiary/aromatic N) is 3. The van der Waals surface area contributed by atoms with Gasteiger partial charge in [-0.1, -0.05) is 0 Å². The molecule has 2 aliphatic heterocycles. The molecule has 214 valence electrons. The van der Waals surface area contributed by atoms with E-state index in [4.69, 9.17) is 18.9 Å². The normalized spacial score (nSPS) is 17.9. The molecular weight excluding hydrogens is 516 g/mol. The van der Waals surface area contributed by atoms with Crippen LogP contribution < -0.4 is 25.6 Å². The van der Waals surface area contributed by atoms with Crippen molar-refractivity contribution >= 4 is 46.2 Å². The highest BCUT2D eigenvalue weighted by molar-refractivity contribution is 6.00. The summed E-state index contributed by atoms with van der Waals surface area (Å²) in [6, 6.07) is 7.18. The van der Waals surface area contributed by atoms with Gasteiger partial charge in [0.15, 0.2) is 17.0 Å². The number of aromatic nitrogens is 2. The number of ether oxygens (including phenoxy) is 2. The molecule has 12 heteroatoms. The number of furan rings is 1. The van der Waals surface area contributed by atoms with E-state index in [1.54, 1.807) is 38.3 Å². The molecule has 2 amide bonds. The Morgan fingerprint density at radius 2 is 1.95 bits per heavy atom. The number of piperidine rings is 1. The fourth-order valence-electron chi connectivity index (χ4n) is 4.79. The Hall–Kier alpha value is -4.06. The fourth-order valence-corrected chi connectivity index (χ4v) is 4.79. The zero-order valence-corrected chi connectivity index (χ0v) is 23.5. The first kappa shape index (κ1) is 27.5. The van der Waals surface area contributed by atoms with Gasteiger partial charge >= 0.3 is 6.09 Å². The Morgan fingerprint density at radius 1 is 1.20 bits per heavy atom. The van der Waals surface area contributed by atoms with E-state index >= 15 is 0 Å². The van der Waals surface area contributed by atoms with Crippen molar-refractivity contribution < 1.29 is 28.6 Å². The number of carbonyl (C=O) groups is 2. The van der Waals surface area contributed by atoms with Gasteiger partial charge in [-0.15, -0.1) is 0 Å². The first-order valence-electron chi connectivity index (χ1n) is 13.4. The molecule has 0 aliphatic carbocycles. The van der Waals surface area contributed by atoms with Crippen LogP contribution in [0, 0.1) is 5.41 Å². The average Bonchev–Trinajstić information content (AvgIpc) is 3.36. The van der Waals surface area contributed by atoms with Gasteiger partial charge in [0.2, 0.25) is 5.95 Å². The zero-order valence-electron chi connectivity index (χ0n) is 23.5. The third-order valence-electron chi connectivity index (χ3n) is 7.15. The first-order chi connectivity index (χ1) is 18.9. The summed E-state index contributed by atoms with van der Waals surface area (Å²) in [4.78, 5) is 36.0. The van der Waals surface area contributed by atoms with Gasteiger partial charge in [0.25, 0.3) is 5.91 Å². The van der Waals surface area contributed by atoms with Crippen LogP contribution in [0.5, 0.6) is 5.75 Å². The van der Waals surface area contributed by atoms with Gasteiger partial charge < -0.3 is 39.8 Å². The number of rotatable bonds is 6. The lowest BCUT2D eigenvalue weighted by Gasteiger charge is -2.41. The van der Waals surface area contributed by atoms with Crippen molar-refractivity contribution in [3.63, 3.8) is 0 Å². The van der Waals surface area contributed by atoms with Crippen LogP contribution in [0.4, 0.5) is 27.9 Å². The summed E-state index contributed by atoms with van der Waals surface area (Å²) >= 11 is 0. The van der Waals surface area contributed by atoms with Crippen molar-refractivity contribution in [2.75, 3.05) is 41.8 Å². The van der Waals surface area contributed by atoms with Crippen LogP contribution in [0.2, 0.25) is 0 Å². The van der Waals surface area contributed by atoms with Crippen LogP contribution in [0.1, 0.15) is 47.5 Å². The number of fused-ring (bicyclic) bond motifs is 2. The van der Waals surface area contributed by atoms with Gasteiger partial charge in [0, 0.05) is 36.8 Å². The molecule has 3 aromatic rings. The van der Waals surface area contributed by atoms with Gasteiger partial charge in [0.1, 0.15) is 16.9 Å². The maximum absolute atomic E-state index is 12.3. The number of benzene rings is 1. The standard InChI is InChI=1S/C28H36N6O6/c1-26(2,3)40-25(37)29-15-28(16-35)9-11-34(12-10-28)22-21-18(8-13-38-21)32-24(33-22)30-17-6-7-20-19(14-17)31-23(36)27(4,5)39-20/h6-8,13-14,35H,9-12,15-16H2,1-5H3,(H,29,37)(H,31,36)(H,30,32,33). The molecule has 4 heterocycles. The Bertz CT molecular complexity index is 1420. The molecule has 5 rings (SSSR count). The van der Waals surface area contributed by atoms with Gasteiger partial charge in [-0.2, -0.15) is 4.98 Å². The molecule has 1 fully saturated rings. The van der Waals surface area contributed by atoms with Crippen LogP contribution in [0.3, 0.4) is 0 Å². The Morgan fingerprint density at radius 3 is 2.65 bits per heavy atom. The quantitative estimate of drug-likeness (QED) is 0.351. The Kier molecular flexibility index (Phi) is 6.99.